The smallest absolute Gasteiger partial charge is 0.472 e. The van der Waals surface area contributed by atoms with Gasteiger partial charge in [-0.15, -0.1) is 0 Å². The number of rotatable bonds is 20. The molecule has 0 saturated carbocycles. The van der Waals surface area contributed by atoms with E-state index in [2.05, 4.69) is 11.4 Å². The Morgan fingerprint density at radius 2 is 1.44 bits per heavy atom. The fourth-order valence-electron chi connectivity index (χ4n) is 2.51. The number of hydrogen-bond acceptors (Lipinski definition) is 9. The van der Waals surface area contributed by atoms with Gasteiger partial charge in [0.1, 0.15) is 12.6 Å². The third kappa shape index (κ3) is 17.1. The van der Waals surface area contributed by atoms with Crippen LogP contribution in [0.5, 0.6) is 0 Å². The van der Waals surface area contributed by atoms with Gasteiger partial charge >= 0.3 is 25.7 Å². The second-order valence-corrected chi connectivity index (χ2v) is 8.87. The lowest BCUT2D eigenvalue weighted by Gasteiger charge is -2.20. The summed E-state index contributed by atoms with van der Waals surface area (Å²) in [5.74, 6) is -2.46. The molecular weight excluding hydrogens is 445 g/mol. The number of ether oxygens (including phenoxy) is 2. The molecule has 0 heterocycles. The van der Waals surface area contributed by atoms with Crippen LogP contribution in [0.15, 0.2) is 0 Å². The number of carboxylic acid groups (broad SMARTS) is 1. The maximum absolute atomic E-state index is 12.1. The summed E-state index contributed by atoms with van der Waals surface area (Å²) >= 11 is 0. The monoisotopic (exact) mass is 483 g/mol. The molecule has 0 rings (SSSR count). The molecular formula is C20H38NO10P. The fourth-order valence-corrected chi connectivity index (χ4v) is 3.29. The molecule has 3 atom stereocenters. The third-order valence-electron chi connectivity index (χ3n) is 4.32. The number of phosphoric acid groups is 1. The molecule has 188 valence electrons. The predicted octanol–water partition coefficient (Wildman–Crippen LogP) is 2.93. The predicted molar refractivity (Wildman–Crippen MR) is 116 cm³/mol. The average molecular weight is 483 g/mol. The number of carboxylic acids is 1. The Labute approximate surface area is 189 Å². The second kappa shape index (κ2) is 18.0. The molecule has 0 bridgehead atoms. The van der Waals surface area contributed by atoms with Crippen molar-refractivity contribution in [3.63, 3.8) is 0 Å². The maximum atomic E-state index is 12.1. The van der Waals surface area contributed by atoms with E-state index >= 15 is 0 Å². The summed E-state index contributed by atoms with van der Waals surface area (Å²) in [4.78, 5) is 44.0. The SMILES string of the molecule is CCCCCCCCCC(=O)O[C@H](COC(=O)CCC)COP(=O)(O)OC[C@H](N)C(=O)O. The normalized spacial score (nSPS) is 14.9. The zero-order valence-electron chi connectivity index (χ0n) is 19.0. The van der Waals surface area contributed by atoms with Gasteiger partial charge in [0, 0.05) is 12.8 Å². The van der Waals surface area contributed by atoms with Crippen molar-refractivity contribution >= 4 is 25.7 Å². The van der Waals surface area contributed by atoms with Gasteiger partial charge in [0.25, 0.3) is 0 Å². The first-order valence-electron chi connectivity index (χ1n) is 11.1. The van der Waals surface area contributed by atoms with Gasteiger partial charge < -0.3 is 25.2 Å². The molecule has 4 N–H and O–H groups in total. The lowest BCUT2D eigenvalue weighted by Crippen LogP contribution is -2.34. The number of carbonyl (C=O) groups excluding carboxylic acids is 2. The molecule has 0 amide bonds. The van der Waals surface area contributed by atoms with Gasteiger partial charge in [-0.05, 0) is 12.8 Å². The summed E-state index contributed by atoms with van der Waals surface area (Å²) in [5.41, 5.74) is 5.21. The van der Waals surface area contributed by atoms with Crippen LogP contribution in [0.3, 0.4) is 0 Å². The molecule has 0 radical (unpaired) electrons. The number of carbonyl (C=O) groups is 3. The van der Waals surface area contributed by atoms with E-state index < -0.39 is 51.1 Å². The van der Waals surface area contributed by atoms with E-state index in [1.807, 2.05) is 0 Å². The molecule has 0 saturated heterocycles. The topological polar surface area (TPSA) is 172 Å². The molecule has 32 heavy (non-hydrogen) atoms. The van der Waals surface area contributed by atoms with Crippen molar-refractivity contribution in [1.29, 1.82) is 0 Å². The molecule has 12 heteroatoms. The van der Waals surface area contributed by atoms with Crippen LogP contribution in [-0.2, 0) is 37.5 Å². The minimum absolute atomic E-state index is 0.161. The highest BCUT2D eigenvalue weighted by molar-refractivity contribution is 7.47. The van der Waals surface area contributed by atoms with Crippen LogP contribution in [-0.4, -0.2) is 59.9 Å². The molecule has 1 unspecified atom stereocenters. The van der Waals surface area contributed by atoms with Crippen molar-refractivity contribution in [2.45, 2.75) is 90.2 Å². The highest BCUT2D eigenvalue weighted by Crippen LogP contribution is 2.43. The summed E-state index contributed by atoms with van der Waals surface area (Å²) < 4.78 is 31.4. The second-order valence-electron chi connectivity index (χ2n) is 7.42. The number of aliphatic carboxylic acids is 1. The van der Waals surface area contributed by atoms with Gasteiger partial charge in [-0.2, -0.15) is 0 Å². The van der Waals surface area contributed by atoms with Crippen LogP contribution in [0.25, 0.3) is 0 Å². The molecule has 0 aromatic carbocycles. The Morgan fingerprint density at radius 1 is 0.844 bits per heavy atom. The van der Waals surface area contributed by atoms with Gasteiger partial charge in [0.15, 0.2) is 6.10 Å². The van der Waals surface area contributed by atoms with Crippen LogP contribution >= 0.6 is 7.82 Å². The van der Waals surface area contributed by atoms with Crippen molar-refractivity contribution in [2.75, 3.05) is 19.8 Å². The van der Waals surface area contributed by atoms with Crippen LogP contribution in [0.1, 0.15) is 78.1 Å². The van der Waals surface area contributed by atoms with Crippen molar-refractivity contribution in [3.05, 3.63) is 0 Å². The largest absolute Gasteiger partial charge is 0.480 e. The Morgan fingerprint density at radius 3 is 2.03 bits per heavy atom. The lowest BCUT2D eigenvalue weighted by molar-refractivity contribution is -0.161. The summed E-state index contributed by atoms with van der Waals surface area (Å²) in [6.07, 6.45) is 6.98. The standard InChI is InChI=1S/C20H38NO10P/c1-3-5-6-7-8-9-10-12-19(23)31-16(13-28-18(22)11-4-2)14-29-32(26,27)30-15-17(21)20(24)25/h16-17H,3-15,21H2,1-2H3,(H,24,25)(H,26,27)/t16-,17+/m1/s1. The molecule has 0 aliphatic heterocycles. The molecule has 0 spiro atoms. The molecule has 11 nitrogen and oxygen atoms in total. The number of phosphoric ester groups is 1. The van der Waals surface area contributed by atoms with E-state index in [1.54, 1.807) is 6.92 Å². The third-order valence-corrected chi connectivity index (χ3v) is 5.28. The zero-order chi connectivity index (χ0) is 24.4. The first-order valence-corrected chi connectivity index (χ1v) is 12.6. The van der Waals surface area contributed by atoms with Gasteiger partial charge in [0.05, 0.1) is 13.2 Å². The Balaban J connectivity index is 4.56. The van der Waals surface area contributed by atoms with E-state index in [4.69, 9.17) is 24.8 Å². The minimum atomic E-state index is -4.66. The van der Waals surface area contributed by atoms with Crippen LogP contribution in [0, 0.1) is 0 Å². The van der Waals surface area contributed by atoms with E-state index in [-0.39, 0.29) is 19.4 Å². The summed E-state index contributed by atoms with van der Waals surface area (Å²) in [7, 11) is -4.66. The number of esters is 2. The number of unbranched alkanes of at least 4 members (excludes halogenated alkanes) is 6. The molecule has 0 aliphatic carbocycles. The van der Waals surface area contributed by atoms with Crippen molar-refractivity contribution in [3.8, 4) is 0 Å². The van der Waals surface area contributed by atoms with Crippen molar-refractivity contribution in [1.82, 2.24) is 0 Å². The van der Waals surface area contributed by atoms with Gasteiger partial charge in [-0.1, -0.05) is 52.4 Å². The quantitative estimate of drug-likeness (QED) is 0.132. The van der Waals surface area contributed by atoms with Crippen molar-refractivity contribution < 1.29 is 47.5 Å². The van der Waals surface area contributed by atoms with Crippen LogP contribution in [0.2, 0.25) is 0 Å². The van der Waals surface area contributed by atoms with E-state index in [9.17, 15) is 23.8 Å². The maximum Gasteiger partial charge on any atom is 0.472 e. The molecule has 0 aliphatic rings. The Bertz CT molecular complexity index is 601. The van der Waals surface area contributed by atoms with E-state index in [1.165, 1.54) is 12.8 Å². The molecule has 0 aromatic rings. The average Bonchev–Trinajstić information content (AvgIpc) is 2.73. The minimum Gasteiger partial charge on any atom is -0.480 e. The lowest BCUT2D eigenvalue weighted by atomic mass is 10.1. The summed E-state index contributed by atoms with van der Waals surface area (Å²) in [5, 5.41) is 8.68. The van der Waals surface area contributed by atoms with Gasteiger partial charge in [-0.25, -0.2) is 4.57 Å². The molecule has 0 aromatic heterocycles. The van der Waals surface area contributed by atoms with Crippen LogP contribution in [0.4, 0.5) is 0 Å². The van der Waals surface area contributed by atoms with E-state index in [0.717, 1.165) is 25.7 Å². The van der Waals surface area contributed by atoms with Gasteiger partial charge in [-0.3, -0.25) is 23.4 Å². The van der Waals surface area contributed by atoms with Crippen molar-refractivity contribution in [2.24, 2.45) is 5.73 Å². The number of hydrogen-bond donors (Lipinski definition) is 3. The highest BCUT2D eigenvalue weighted by Gasteiger charge is 2.28. The Hall–Kier alpha value is -1.52. The summed E-state index contributed by atoms with van der Waals surface area (Å²) in [6.45, 7) is 2.25. The van der Waals surface area contributed by atoms with Crippen LogP contribution < -0.4 is 5.73 Å². The summed E-state index contributed by atoms with van der Waals surface area (Å²) in [6, 6.07) is -1.51. The number of nitrogens with two attached hydrogens (primary N) is 1. The first-order chi connectivity index (χ1) is 15.1. The zero-order valence-corrected chi connectivity index (χ0v) is 19.9. The Kier molecular flexibility index (Phi) is 17.1. The first kappa shape index (κ1) is 30.5. The van der Waals surface area contributed by atoms with E-state index in [0.29, 0.717) is 12.8 Å². The highest BCUT2D eigenvalue weighted by atomic mass is 31.2. The fraction of sp³-hybridized carbons (Fsp3) is 0.850. The van der Waals surface area contributed by atoms with Gasteiger partial charge in [0.2, 0.25) is 0 Å². The molecule has 0 fully saturated rings.